The van der Waals surface area contributed by atoms with Crippen molar-refractivity contribution in [3.8, 4) is 0 Å². The molecule has 0 aromatic rings. The summed E-state index contributed by atoms with van der Waals surface area (Å²) >= 11 is 0. The van der Waals surface area contributed by atoms with E-state index in [1.807, 2.05) is 0 Å². The van der Waals surface area contributed by atoms with Crippen molar-refractivity contribution in [1.82, 2.24) is 0 Å². The summed E-state index contributed by atoms with van der Waals surface area (Å²) in [5, 5.41) is 0.184. The zero-order valence-corrected chi connectivity index (χ0v) is 41.1. The summed E-state index contributed by atoms with van der Waals surface area (Å²) in [7, 11) is -5.78. The minimum absolute atomic E-state index is 0.0262. The molecule has 0 aromatic heterocycles. The Kier molecular flexibility index (Phi) is 15.7. The van der Waals surface area contributed by atoms with Gasteiger partial charge in [0.15, 0.2) is 25.0 Å². The van der Waals surface area contributed by atoms with E-state index >= 15 is 0 Å². The molecule has 0 N–H and O–H groups in total. The Morgan fingerprint density at radius 3 is 2.04 bits per heavy atom. The molecule has 3 aliphatic rings. The first kappa shape index (κ1) is 47.1. The van der Waals surface area contributed by atoms with Crippen molar-refractivity contribution >= 4 is 25.0 Å². The van der Waals surface area contributed by atoms with Crippen LogP contribution in [-0.2, 0) is 13.3 Å². The van der Waals surface area contributed by atoms with Crippen LogP contribution < -0.4 is 0 Å². The average molecular weight is 791 g/mol. The number of unbranched alkanes of at least 4 members (excludes halogenated alkanes) is 1. The minimum atomic E-state index is -2.14. The Hall–Kier alpha value is -0.319. The van der Waals surface area contributed by atoms with Crippen molar-refractivity contribution in [2.75, 3.05) is 6.67 Å². The van der Waals surface area contributed by atoms with E-state index in [2.05, 4.69) is 127 Å². The standard InChI is InChI=1S/C46H87FO3Si3/c1-34(23-21-30-45(9,10)50-51(12,13)14)39-28-29-40-36(24-22-31-46(39,40)11)26-27-37-33-41(48-52(15,16)43(3,4)5)38(25-19-20-32-47)42(35(37)2)49-53(17,18)44(6,7)8/h26-27,34,38-42H,2,19-25,28-33H2,1,3-18H3/b36-26+,37-27-/t34-,38+,39-,40+,41-,42-,46-/m1/s1. The lowest BCUT2D eigenvalue weighted by atomic mass is 9.60. The first-order valence-electron chi connectivity index (χ1n) is 21.8. The molecule has 0 spiro atoms. The van der Waals surface area contributed by atoms with Crippen LogP contribution in [0.15, 0.2) is 35.5 Å². The molecule has 0 bridgehead atoms. The van der Waals surface area contributed by atoms with Gasteiger partial charge >= 0.3 is 0 Å². The van der Waals surface area contributed by atoms with Crippen LogP contribution >= 0.6 is 0 Å². The van der Waals surface area contributed by atoms with Crippen LogP contribution in [0.25, 0.3) is 0 Å². The number of hydrogen-bond acceptors (Lipinski definition) is 3. The summed E-state index contributed by atoms with van der Waals surface area (Å²) in [6.45, 7) is 44.7. The molecule has 0 saturated heterocycles. The van der Waals surface area contributed by atoms with Gasteiger partial charge in [-0.25, -0.2) is 0 Å². The highest BCUT2D eigenvalue weighted by atomic mass is 28.4. The second-order valence-electron chi connectivity index (χ2n) is 22.7. The van der Waals surface area contributed by atoms with E-state index < -0.39 is 25.0 Å². The van der Waals surface area contributed by atoms with Crippen LogP contribution in [0.2, 0.25) is 55.9 Å². The summed E-state index contributed by atoms with van der Waals surface area (Å²) in [5.41, 5.74) is 4.46. The first-order chi connectivity index (χ1) is 24.1. The van der Waals surface area contributed by atoms with Crippen LogP contribution in [0.4, 0.5) is 4.39 Å². The molecule has 0 aliphatic heterocycles. The molecule has 0 radical (unpaired) electrons. The quantitative estimate of drug-likeness (QED) is 0.115. The van der Waals surface area contributed by atoms with Gasteiger partial charge in [-0.1, -0.05) is 99.0 Å². The van der Waals surface area contributed by atoms with Gasteiger partial charge in [-0.3, -0.25) is 4.39 Å². The fourth-order valence-corrected chi connectivity index (χ4v) is 14.2. The molecular formula is C46H87FO3Si3. The molecule has 53 heavy (non-hydrogen) atoms. The Bertz CT molecular complexity index is 1280. The maximum atomic E-state index is 13.5. The monoisotopic (exact) mass is 791 g/mol. The predicted molar refractivity (Wildman–Crippen MR) is 237 cm³/mol. The Morgan fingerprint density at radius 1 is 0.868 bits per heavy atom. The molecule has 7 atom stereocenters. The summed E-state index contributed by atoms with van der Waals surface area (Å²) in [6, 6.07) is 0. The number of alkyl halides is 1. The van der Waals surface area contributed by atoms with E-state index in [1.165, 1.54) is 50.5 Å². The number of hydrogen-bond donors (Lipinski definition) is 0. The van der Waals surface area contributed by atoms with E-state index in [1.54, 1.807) is 5.57 Å². The van der Waals surface area contributed by atoms with Crippen LogP contribution in [0.1, 0.15) is 146 Å². The molecule has 3 rings (SSSR count). The van der Waals surface area contributed by atoms with Gasteiger partial charge in [0.2, 0.25) is 0 Å². The summed E-state index contributed by atoms with van der Waals surface area (Å²) in [5.74, 6) is 2.37. The van der Waals surface area contributed by atoms with Crippen molar-refractivity contribution in [2.45, 2.75) is 220 Å². The Morgan fingerprint density at radius 2 is 1.47 bits per heavy atom. The number of allylic oxidation sites excluding steroid dienone is 3. The lowest BCUT2D eigenvalue weighted by molar-refractivity contribution is 0.0250. The molecule has 3 aliphatic carbocycles. The summed E-state index contributed by atoms with van der Waals surface area (Å²) in [4.78, 5) is 0. The first-order valence-corrected chi connectivity index (χ1v) is 31.0. The summed E-state index contributed by atoms with van der Waals surface area (Å²) < 4.78 is 34.7. The smallest absolute Gasteiger partial charge is 0.192 e. The highest BCUT2D eigenvalue weighted by Gasteiger charge is 2.51. The average Bonchev–Trinajstić information content (AvgIpc) is 3.34. The van der Waals surface area contributed by atoms with Crippen LogP contribution in [0.5, 0.6) is 0 Å². The zero-order chi connectivity index (χ0) is 40.4. The third-order valence-corrected chi connectivity index (χ3v) is 24.8. The van der Waals surface area contributed by atoms with E-state index in [-0.39, 0.29) is 40.5 Å². The van der Waals surface area contributed by atoms with Gasteiger partial charge in [0.25, 0.3) is 0 Å². The van der Waals surface area contributed by atoms with E-state index in [0.29, 0.717) is 17.8 Å². The fraction of sp³-hybridized carbons (Fsp3) is 0.870. The van der Waals surface area contributed by atoms with Crippen molar-refractivity contribution in [2.24, 2.45) is 29.1 Å². The van der Waals surface area contributed by atoms with Gasteiger partial charge in [0.05, 0.1) is 24.5 Å². The normalized spacial score (nSPS) is 30.3. The maximum Gasteiger partial charge on any atom is 0.192 e. The van der Waals surface area contributed by atoms with E-state index in [0.717, 1.165) is 43.1 Å². The van der Waals surface area contributed by atoms with E-state index in [4.69, 9.17) is 19.9 Å². The molecule has 0 amide bonds. The molecule has 3 saturated carbocycles. The Labute approximate surface area is 332 Å². The minimum Gasteiger partial charge on any atom is -0.413 e. The van der Waals surface area contributed by atoms with Gasteiger partial charge in [0, 0.05) is 5.92 Å². The SMILES string of the molecule is C=C1/C(=C\C=C2/CCC[C@]3(C)[C@@H]([C@H](C)CCCC(C)(C)O[Si](C)(C)C)CC[C@@H]23)C[C@@H](O[Si](C)(C)C(C)(C)C)[C@H](CCCCF)[C@@H]1O[Si](C)(C)C(C)(C)C. The molecule has 3 fully saturated rings. The third kappa shape index (κ3) is 12.1. The molecular weight excluding hydrogens is 704 g/mol. The fourth-order valence-electron chi connectivity index (χ4n) is 9.81. The second-order valence-corrected chi connectivity index (χ2v) is 36.6. The molecule has 3 nitrogen and oxygen atoms in total. The highest BCUT2D eigenvalue weighted by molar-refractivity contribution is 6.74. The van der Waals surface area contributed by atoms with Gasteiger partial charge in [-0.2, -0.15) is 0 Å². The molecule has 7 heteroatoms. The number of rotatable bonds is 16. The lowest BCUT2D eigenvalue weighted by Gasteiger charge is -2.49. The summed E-state index contributed by atoms with van der Waals surface area (Å²) in [6.07, 6.45) is 18.4. The van der Waals surface area contributed by atoms with Crippen molar-refractivity contribution in [3.63, 3.8) is 0 Å². The van der Waals surface area contributed by atoms with Crippen molar-refractivity contribution in [3.05, 3.63) is 35.5 Å². The Balaban J connectivity index is 1.93. The largest absolute Gasteiger partial charge is 0.413 e. The molecule has 0 heterocycles. The number of fused-ring (bicyclic) bond motifs is 1. The number of halogens is 1. The lowest BCUT2D eigenvalue weighted by Crippen LogP contribution is -2.53. The van der Waals surface area contributed by atoms with Gasteiger partial charge in [-0.05, 0) is 162 Å². The van der Waals surface area contributed by atoms with Crippen molar-refractivity contribution < 1.29 is 17.7 Å². The van der Waals surface area contributed by atoms with Crippen LogP contribution in [0.3, 0.4) is 0 Å². The van der Waals surface area contributed by atoms with Gasteiger partial charge < -0.3 is 13.3 Å². The molecule has 0 unspecified atom stereocenters. The molecule has 0 aromatic carbocycles. The van der Waals surface area contributed by atoms with Crippen LogP contribution in [-0.4, -0.2) is 49.4 Å². The van der Waals surface area contributed by atoms with Gasteiger partial charge in [-0.15, -0.1) is 0 Å². The zero-order valence-electron chi connectivity index (χ0n) is 38.1. The maximum absolute atomic E-state index is 13.5. The molecule has 308 valence electrons. The van der Waals surface area contributed by atoms with Crippen LogP contribution in [0, 0.1) is 29.1 Å². The predicted octanol–water partition coefficient (Wildman–Crippen LogP) is 15.0. The third-order valence-electron chi connectivity index (χ3n) is 14.7. The van der Waals surface area contributed by atoms with Gasteiger partial charge in [0.1, 0.15) is 0 Å². The van der Waals surface area contributed by atoms with Crippen molar-refractivity contribution in [1.29, 1.82) is 0 Å². The topological polar surface area (TPSA) is 27.7 Å². The highest BCUT2D eigenvalue weighted by Crippen LogP contribution is 2.60. The van der Waals surface area contributed by atoms with E-state index in [9.17, 15) is 4.39 Å². The second kappa shape index (κ2) is 17.7.